The molecule has 0 radical (unpaired) electrons. The van der Waals surface area contributed by atoms with Gasteiger partial charge in [0, 0.05) is 40.5 Å². The number of aromatic nitrogens is 2. The Kier molecular flexibility index (Phi) is 10.6. The smallest absolute Gasteiger partial charge is 0.285 e. The number of benzene rings is 6. The van der Waals surface area contributed by atoms with Crippen LogP contribution in [0.1, 0.15) is 56.6 Å². The normalized spacial score (nSPS) is 20.8. The van der Waals surface area contributed by atoms with Crippen LogP contribution in [0.25, 0.3) is 21.8 Å². The molecule has 5 heteroatoms. The van der Waals surface area contributed by atoms with E-state index in [1.807, 2.05) is 97.4 Å². The first kappa shape index (κ1) is 37.0. The van der Waals surface area contributed by atoms with E-state index in [1.165, 1.54) is 22.3 Å². The molecule has 8 aromatic rings. The summed E-state index contributed by atoms with van der Waals surface area (Å²) in [6, 6.07) is 62.4. The Balaban J connectivity index is 0.000000249. The summed E-state index contributed by atoms with van der Waals surface area (Å²) in [6.07, 6.45) is 3.94. The molecule has 1 fully saturated rings. The largest absolute Gasteiger partial charge is 2.00 e. The first-order valence-electron chi connectivity index (χ1n) is 18.8. The molecule has 2 aromatic heterocycles. The van der Waals surface area contributed by atoms with Crippen LogP contribution in [0.15, 0.2) is 192 Å². The molecule has 6 aromatic carbocycles. The van der Waals surface area contributed by atoms with Crippen molar-refractivity contribution in [3.63, 3.8) is 0 Å². The number of hydrogen-bond donors (Lipinski definition) is 0. The molecular weight excluding hydrogens is 760 g/mol. The Morgan fingerprint density at radius 2 is 0.804 bits per heavy atom. The molecule has 4 nitrogen and oxygen atoms in total. The van der Waals surface area contributed by atoms with Crippen molar-refractivity contribution in [3.05, 3.63) is 241 Å². The number of aliphatic imine (C=N–C) groups is 2. The Morgan fingerprint density at radius 1 is 0.429 bits per heavy atom. The quantitative estimate of drug-likeness (QED) is 0.132. The van der Waals surface area contributed by atoms with Crippen LogP contribution >= 0.6 is 0 Å². The van der Waals surface area contributed by atoms with Gasteiger partial charge in [-0.2, -0.15) is 49.2 Å². The fourth-order valence-electron chi connectivity index (χ4n) is 8.87. The van der Waals surface area contributed by atoms with Crippen LogP contribution < -0.4 is 0 Å². The van der Waals surface area contributed by atoms with Crippen molar-refractivity contribution < 1.29 is 26.2 Å². The molecule has 268 valence electrons. The van der Waals surface area contributed by atoms with Crippen molar-refractivity contribution in [2.75, 3.05) is 0 Å². The molecule has 2 heterocycles. The van der Waals surface area contributed by atoms with E-state index in [9.17, 15) is 0 Å². The van der Waals surface area contributed by atoms with Gasteiger partial charge in [0.1, 0.15) is 0 Å². The zero-order chi connectivity index (χ0) is 37.2. The van der Waals surface area contributed by atoms with Gasteiger partial charge in [-0.25, -0.2) is 9.97 Å². The van der Waals surface area contributed by atoms with Crippen molar-refractivity contribution in [1.82, 2.24) is 9.97 Å². The summed E-state index contributed by atoms with van der Waals surface area (Å²) in [5, 5.41) is 2.27. The minimum atomic E-state index is -0.0369. The number of pyridine rings is 2. The number of nitrogens with zero attached hydrogens (tertiary/aromatic N) is 4. The van der Waals surface area contributed by atoms with Gasteiger partial charge in [0.2, 0.25) is 0 Å². The van der Waals surface area contributed by atoms with E-state index in [0.717, 1.165) is 44.3 Å². The van der Waals surface area contributed by atoms with Crippen LogP contribution in [0.2, 0.25) is 0 Å². The third kappa shape index (κ3) is 6.71. The first-order chi connectivity index (χ1) is 27.1. The molecule has 0 aliphatic heterocycles. The second-order valence-electron chi connectivity index (χ2n) is 14.4. The third-order valence-corrected chi connectivity index (χ3v) is 11.2. The maximum atomic E-state index is 5.32. The maximum absolute atomic E-state index is 5.32. The van der Waals surface area contributed by atoms with Crippen LogP contribution in [-0.4, -0.2) is 34.5 Å². The van der Waals surface area contributed by atoms with Crippen molar-refractivity contribution >= 4 is 34.2 Å². The van der Waals surface area contributed by atoms with Gasteiger partial charge >= 0.3 is 26.2 Å². The summed E-state index contributed by atoms with van der Waals surface area (Å²) in [7, 11) is 0. The standard InChI is InChI=1S/C37H26N4.2C7H7.Zr/c1-7-15-31-23(9-1)17-19-25(40-31)21-38-35-33-27-11-3-5-13-29(27)37(33)30-14-6-4-12-28(30)34(37)36(35)39-22-26-20-18-24-10-2-8-16-32(24)41-26;2*1-7-5-3-2-4-6-7;/h1-22,33-36H;2*2-6H,1H2;/q;2*-1;+2/t33?,34?,35-,36-,37?;;;/m1.../s1. The average Bonchev–Trinajstić information content (AvgIpc) is 3.43. The van der Waals surface area contributed by atoms with E-state index < -0.39 is 0 Å². The molecule has 0 bridgehead atoms. The summed E-state index contributed by atoms with van der Waals surface area (Å²) in [5.74, 6) is 0.559. The van der Waals surface area contributed by atoms with Crippen molar-refractivity contribution in [2.45, 2.75) is 29.3 Å². The predicted octanol–water partition coefficient (Wildman–Crippen LogP) is 11.0. The van der Waals surface area contributed by atoms with Crippen LogP contribution in [0.5, 0.6) is 0 Å². The molecule has 56 heavy (non-hydrogen) atoms. The molecule has 1 saturated carbocycles. The minimum absolute atomic E-state index is 0. The van der Waals surface area contributed by atoms with Gasteiger partial charge in [-0.3, -0.25) is 9.98 Å². The van der Waals surface area contributed by atoms with E-state index in [-0.39, 0.29) is 55.5 Å². The van der Waals surface area contributed by atoms with Gasteiger partial charge in [-0.15, -0.1) is 24.3 Å². The van der Waals surface area contributed by atoms with E-state index in [1.54, 1.807) is 0 Å². The minimum Gasteiger partial charge on any atom is -0.285 e. The van der Waals surface area contributed by atoms with Crippen LogP contribution in [0.4, 0.5) is 0 Å². The van der Waals surface area contributed by atoms with Gasteiger partial charge in [0.25, 0.3) is 0 Å². The average molecular weight is 800 g/mol. The van der Waals surface area contributed by atoms with E-state index in [0.29, 0.717) is 0 Å². The van der Waals surface area contributed by atoms with Crippen molar-refractivity contribution in [3.8, 4) is 0 Å². The summed E-state index contributed by atoms with van der Waals surface area (Å²) in [5.41, 5.74) is 11.5. The molecule has 11 rings (SSSR count). The zero-order valence-electron chi connectivity index (χ0n) is 31.0. The summed E-state index contributed by atoms with van der Waals surface area (Å²) in [4.78, 5) is 20.4. The fourth-order valence-corrected chi connectivity index (χ4v) is 8.87. The van der Waals surface area contributed by atoms with Crippen LogP contribution in [0.3, 0.4) is 0 Å². The second kappa shape index (κ2) is 16.1. The van der Waals surface area contributed by atoms with Crippen molar-refractivity contribution in [1.29, 1.82) is 0 Å². The van der Waals surface area contributed by atoms with E-state index in [4.69, 9.17) is 20.0 Å². The fraction of sp³-hybridized carbons (Fsp3) is 0.0980. The molecule has 0 amide bonds. The Hall–Kier alpha value is -5.90. The van der Waals surface area contributed by atoms with Crippen LogP contribution in [-0.2, 0) is 31.6 Å². The summed E-state index contributed by atoms with van der Waals surface area (Å²) >= 11 is 0. The van der Waals surface area contributed by atoms with Gasteiger partial charge in [0.15, 0.2) is 0 Å². The molecular formula is C51H40N4Zr. The Morgan fingerprint density at radius 3 is 1.21 bits per heavy atom. The van der Waals surface area contributed by atoms with Crippen molar-refractivity contribution in [2.24, 2.45) is 9.98 Å². The molecule has 4 atom stereocenters. The molecule has 1 spiro atoms. The predicted molar refractivity (Wildman–Crippen MR) is 227 cm³/mol. The maximum Gasteiger partial charge on any atom is 2.00 e. The third-order valence-electron chi connectivity index (χ3n) is 11.2. The van der Waals surface area contributed by atoms with Gasteiger partial charge in [0.05, 0.1) is 34.5 Å². The summed E-state index contributed by atoms with van der Waals surface area (Å²) < 4.78 is 0. The molecule has 0 saturated heterocycles. The summed E-state index contributed by atoms with van der Waals surface area (Å²) in [6.45, 7) is 7.44. The topological polar surface area (TPSA) is 50.5 Å². The number of rotatable bonds is 4. The number of fused-ring (bicyclic) bond motifs is 6. The SMILES string of the molecule is C(=N[C@@H]1C2c3ccccc3C23c2ccccc2C3[C@H]1N=Cc1ccc2ccccc2n1)c1ccc2ccccc2n1.[CH2-]c1ccccc1.[CH2-]c1ccccc1.[Zr+2]. The number of para-hydroxylation sites is 2. The molecule has 0 N–H and O–H groups in total. The van der Waals surface area contributed by atoms with Gasteiger partial charge < -0.3 is 0 Å². The Bertz CT molecular complexity index is 2490. The van der Waals surface area contributed by atoms with Gasteiger partial charge in [-0.1, -0.05) is 109 Å². The van der Waals surface area contributed by atoms with E-state index in [2.05, 4.69) is 111 Å². The Labute approximate surface area is 348 Å². The van der Waals surface area contributed by atoms with Crippen LogP contribution in [0, 0.1) is 13.8 Å². The monoisotopic (exact) mass is 798 g/mol. The zero-order valence-corrected chi connectivity index (χ0v) is 33.4. The first-order valence-corrected chi connectivity index (χ1v) is 18.8. The second-order valence-corrected chi connectivity index (χ2v) is 14.4. The molecule has 3 aliphatic carbocycles. The molecule has 2 unspecified atom stereocenters. The van der Waals surface area contributed by atoms with E-state index >= 15 is 0 Å². The number of hydrogen-bond acceptors (Lipinski definition) is 4. The molecule has 3 aliphatic rings. The van der Waals surface area contributed by atoms with Gasteiger partial charge in [-0.05, 0) is 46.5 Å².